The van der Waals surface area contributed by atoms with Gasteiger partial charge in [-0.3, -0.25) is 4.79 Å². The van der Waals surface area contributed by atoms with Crippen LogP contribution >= 0.6 is 11.6 Å². The molecule has 0 saturated carbocycles. The molecule has 0 aliphatic carbocycles. The molecule has 0 fully saturated rings. The molecule has 0 aromatic heterocycles. The van der Waals surface area contributed by atoms with Crippen LogP contribution in [0.15, 0.2) is 12.1 Å². The number of nitrogens with zero attached hydrogens (tertiary/aromatic N) is 1. The van der Waals surface area contributed by atoms with Crippen molar-refractivity contribution >= 4 is 17.5 Å². The maximum atomic E-state index is 12.1. The van der Waals surface area contributed by atoms with Crippen LogP contribution in [0, 0.1) is 0 Å². The van der Waals surface area contributed by atoms with Crippen molar-refractivity contribution in [3.8, 4) is 11.5 Å². The quantitative estimate of drug-likeness (QED) is 0.902. The molecule has 1 N–H and O–H groups in total. The van der Waals surface area contributed by atoms with Crippen LogP contribution in [0.25, 0.3) is 0 Å². The molecule has 0 radical (unpaired) electrons. The lowest BCUT2D eigenvalue weighted by atomic mass is 10.1. The van der Waals surface area contributed by atoms with Gasteiger partial charge in [0.2, 0.25) is 6.79 Å². The first-order valence-corrected chi connectivity index (χ1v) is 5.96. The molecule has 6 heteroatoms. The van der Waals surface area contributed by atoms with E-state index < -0.39 is 0 Å². The summed E-state index contributed by atoms with van der Waals surface area (Å²) in [5.41, 5.74) is 0.449. The Morgan fingerprint density at radius 3 is 3.00 bits per heavy atom. The third kappa shape index (κ3) is 2.52. The topological polar surface area (TPSA) is 59.0 Å². The number of rotatable bonds is 4. The van der Waals surface area contributed by atoms with Crippen molar-refractivity contribution in [2.75, 3.05) is 27.0 Å². The van der Waals surface area contributed by atoms with Crippen LogP contribution in [0.5, 0.6) is 11.5 Å². The lowest BCUT2D eigenvalue weighted by Gasteiger charge is -2.16. The fourth-order valence-corrected chi connectivity index (χ4v) is 1.99. The molecule has 1 amide bonds. The Kier molecular flexibility index (Phi) is 3.93. The Balaban J connectivity index is 2.18. The van der Waals surface area contributed by atoms with E-state index in [1.54, 1.807) is 19.2 Å². The summed E-state index contributed by atoms with van der Waals surface area (Å²) in [6.07, 6.45) is 0.542. The van der Waals surface area contributed by atoms with Crippen LogP contribution in [0.2, 0.25) is 5.02 Å². The molecule has 0 bridgehead atoms. The number of halogens is 1. The largest absolute Gasteiger partial charge is 0.454 e. The van der Waals surface area contributed by atoms with Gasteiger partial charge in [0.05, 0.1) is 5.02 Å². The SMILES string of the molecule is CN(CCCO)C(=O)c1cc(Cl)c2c(c1)OCO2. The van der Waals surface area contributed by atoms with Crippen molar-refractivity contribution in [3.05, 3.63) is 22.7 Å². The van der Waals surface area contributed by atoms with Crippen molar-refractivity contribution in [1.29, 1.82) is 0 Å². The van der Waals surface area contributed by atoms with Crippen LogP contribution in [0.1, 0.15) is 16.8 Å². The molecule has 98 valence electrons. The van der Waals surface area contributed by atoms with Crippen LogP contribution in [-0.2, 0) is 0 Å². The second kappa shape index (κ2) is 5.46. The Morgan fingerprint density at radius 2 is 2.28 bits per heavy atom. The van der Waals surface area contributed by atoms with Crippen molar-refractivity contribution in [2.24, 2.45) is 0 Å². The van der Waals surface area contributed by atoms with E-state index in [0.29, 0.717) is 35.1 Å². The molecule has 0 saturated heterocycles. The maximum absolute atomic E-state index is 12.1. The van der Waals surface area contributed by atoms with E-state index in [1.165, 1.54) is 4.90 Å². The third-order valence-corrected chi connectivity index (χ3v) is 2.95. The second-order valence-corrected chi connectivity index (χ2v) is 4.40. The van der Waals surface area contributed by atoms with Gasteiger partial charge in [-0.1, -0.05) is 11.6 Å². The van der Waals surface area contributed by atoms with Gasteiger partial charge in [-0.2, -0.15) is 0 Å². The van der Waals surface area contributed by atoms with E-state index in [4.69, 9.17) is 26.2 Å². The van der Waals surface area contributed by atoms with Crippen LogP contribution in [0.3, 0.4) is 0 Å². The predicted octanol–water partition coefficient (Wildman–Crippen LogP) is 1.52. The standard InChI is InChI=1S/C12H14ClNO4/c1-14(3-2-4-15)12(16)8-5-9(13)11-10(6-8)17-7-18-11/h5-6,15H,2-4,7H2,1H3. The highest BCUT2D eigenvalue weighted by Gasteiger charge is 2.21. The fourth-order valence-electron chi connectivity index (χ4n) is 1.72. The minimum atomic E-state index is -0.163. The van der Waals surface area contributed by atoms with Gasteiger partial charge in [0, 0.05) is 25.8 Å². The minimum Gasteiger partial charge on any atom is -0.454 e. The van der Waals surface area contributed by atoms with Gasteiger partial charge in [0.15, 0.2) is 11.5 Å². The van der Waals surface area contributed by atoms with Crippen LogP contribution < -0.4 is 9.47 Å². The van der Waals surface area contributed by atoms with Gasteiger partial charge >= 0.3 is 0 Å². The summed E-state index contributed by atoms with van der Waals surface area (Å²) in [6, 6.07) is 3.18. The Bertz CT molecular complexity index is 464. The highest BCUT2D eigenvalue weighted by molar-refractivity contribution is 6.32. The number of ether oxygens (including phenoxy) is 2. The summed E-state index contributed by atoms with van der Waals surface area (Å²) in [7, 11) is 1.68. The zero-order valence-corrected chi connectivity index (χ0v) is 10.7. The molecular weight excluding hydrogens is 258 g/mol. The van der Waals surface area contributed by atoms with Crippen LogP contribution in [-0.4, -0.2) is 42.9 Å². The highest BCUT2D eigenvalue weighted by atomic mass is 35.5. The zero-order chi connectivity index (χ0) is 13.1. The molecule has 0 unspecified atom stereocenters. The van der Waals surface area contributed by atoms with E-state index in [-0.39, 0.29) is 19.3 Å². The van der Waals surface area contributed by atoms with E-state index in [2.05, 4.69) is 0 Å². The molecule has 1 aliphatic heterocycles. The zero-order valence-electron chi connectivity index (χ0n) is 9.98. The average molecular weight is 272 g/mol. The first-order chi connectivity index (χ1) is 8.63. The molecule has 0 spiro atoms. The predicted molar refractivity (Wildman–Crippen MR) is 66.2 cm³/mol. The molecular formula is C12H14ClNO4. The second-order valence-electron chi connectivity index (χ2n) is 4.00. The summed E-state index contributed by atoms with van der Waals surface area (Å²) in [4.78, 5) is 13.6. The number of hydrogen-bond acceptors (Lipinski definition) is 4. The van der Waals surface area contributed by atoms with Crippen LogP contribution in [0.4, 0.5) is 0 Å². The number of carbonyl (C=O) groups is 1. The van der Waals surface area contributed by atoms with Crippen molar-refractivity contribution in [1.82, 2.24) is 4.90 Å². The Hall–Kier alpha value is -1.46. The molecule has 1 heterocycles. The summed E-state index contributed by atoms with van der Waals surface area (Å²) in [6.45, 7) is 0.661. The van der Waals surface area contributed by atoms with Crippen molar-refractivity contribution in [3.63, 3.8) is 0 Å². The first kappa shape index (κ1) is 13.0. The summed E-state index contributed by atoms with van der Waals surface area (Å²) in [5.74, 6) is 0.802. The molecule has 18 heavy (non-hydrogen) atoms. The van der Waals surface area contributed by atoms with Gasteiger partial charge in [0.25, 0.3) is 5.91 Å². The molecule has 1 aliphatic rings. The monoisotopic (exact) mass is 271 g/mol. The lowest BCUT2D eigenvalue weighted by molar-refractivity contribution is 0.0786. The fraction of sp³-hybridized carbons (Fsp3) is 0.417. The van der Waals surface area contributed by atoms with Gasteiger partial charge in [-0.25, -0.2) is 0 Å². The number of hydrogen-bond donors (Lipinski definition) is 1. The minimum absolute atomic E-state index is 0.0551. The summed E-state index contributed by atoms with van der Waals surface area (Å²) < 4.78 is 10.4. The normalized spacial score (nSPS) is 12.6. The van der Waals surface area contributed by atoms with Gasteiger partial charge < -0.3 is 19.5 Å². The summed E-state index contributed by atoms with van der Waals surface area (Å²) in [5, 5.41) is 9.11. The van der Waals surface area contributed by atoms with Gasteiger partial charge in [-0.05, 0) is 18.6 Å². The summed E-state index contributed by atoms with van der Waals surface area (Å²) >= 11 is 6.01. The third-order valence-electron chi connectivity index (χ3n) is 2.67. The number of amides is 1. The van der Waals surface area contributed by atoms with Crippen molar-refractivity contribution in [2.45, 2.75) is 6.42 Å². The first-order valence-electron chi connectivity index (χ1n) is 5.59. The van der Waals surface area contributed by atoms with E-state index in [1.807, 2.05) is 0 Å². The molecule has 1 aromatic carbocycles. The van der Waals surface area contributed by atoms with E-state index in [0.717, 1.165) is 0 Å². The number of benzene rings is 1. The van der Waals surface area contributed by atoms with Crippen molar-refractivity contribution < 1.29 is 19.4 Å². The van der Waals surface area contributed by atoms with Gasteiger partial charge in [-0.15, -0.1) is 0 Å². The number of aliphatic hydroxyl groups is 1. The highest BCUT2D eigenvalue weighted by Crippen LogP contribution is 2.39. The number of aliphatic hydroxyl groups excluding tert-OH is 1. The molecule has 1 aromatic rings. The molecule has 0 atom stereocenters. The molecule has 2 rings (SSSR count). The van der Waals surface area contributed by atoms with E-state index >= 15 is 0 Å². The smallest absolute Gasteiger partial charge is 0.253 e. The van der Waals surface area contributed by atoms with E-state index in [9.17, 15) is 4.79 Å². The molecule has 5 nitrogen and oxygen atoms in total. The number of fused-ring (bicyclic) bond motifs is 1. The number of carbonyl (C=O) groups excluding carboxylic acids is 1. The van der Waals surface area contributed by atoms with Gasteiger partial charge in [0.1, 0.15) is 0 Å². The Morgan fingerprint density at radius 1 is 1.50 bits per heavy atom. The Labute approximate surface area is 110 Å². The maximum Gasteiger partial charge on any atom is 0.253 e. The lowest BCUT2D eigenvalue weighted by Crippen LogP contribution is -2.28. The average Bonchev–Trinajstić information content (AvgIpc) is 2.83.